The number of aromatic amines is 1. The molecule has 0 aromatic carbocycles. The molecule has 3 rings (SSSR count). The van der Waals surface area contributed by atoms with Crippen LogP contribution < -0.4 is 0 Å². The van der Waals surface area contributed by atoms with E-state index in [-0.39, 0.29) is 12.6 Å². The lowest BCUT2D eigenvalue weighted by Gasteiger charge is -2.11. The molecule has 1 aliphatic rings. The maximum absolute atomic E-state index is 12.2. The van der Waals surface area contributed by atoms with Gasteiger partial charge in [-0.05, 0) is 26.2 Å². The van der Waals surface area contributed by atoms with E-state index in [0.717, 1.165) is 35.4 Å². The number of aromatic nitrogens is 4. The summed E-state index contributed by atoms with van der Waals surface area (Å²) in [5.41, 5.74) is 4.22. The number of carbonyl (C=O) groups is 1. The van der Waals surface area contributed by atoms with E-state index in [2.05, 4.69) is 15.3 Å². The molecule has 0 spiro atoms. The Balaban J connectivity index is 2.07. The van der Waals surface area contributed by atoms with Crippen molar-refractivity contribution in [3.05, 3.63) is 23.1 Å². The Kier molecular flexibility index (Phi) is 3.74. The van der Waals surface area contributed by atoms with Crippen LogP contribution >= 0.6 is 0 Å². The Morgan fingerprint density at radius 2 is 2.38 bits per heavy atom. The number of rotatable bonds is 5. The molecule has 2 aromatic rings. The Hall–Kier alpha value is -2.15. The number of carbonyl (C=O) groups excluding carboxylic acids is 1. The SMILES string of the molecule is CCOC(=O)c1c2c(nn1CCCO)-c1cn[nH]c1CC2. The highest BCUT2D eigenvalue weighted by molar-refractivity contribution is 5.92. The van der Waals surface area contributed by atoms with E-state index in [1.165, 1.54) is 0 Å². The standard InChI is InChI=1S/C14H18N4O3/c1-2-21-14(20)13-9-4-5-11-10(8-15-16-11)12(9)17-18(13)6-3-7-19/h8,19H,2-7H2,1H3,(H,15,16). The number of aliphatic hydroxyl groups is 1. The maximum Gasteiger partial charge on any atom is 0.356 e. The summed E-state index contributed by atoms with van der Waals surface area (Å²) in [6, 6.07) is 0. The van der Waals surface area contributed by atoms with E-state index in [1.54, 1.807) is 17.8 Å². The number of fused-ring (bicyclic) bond motifs is 3. The van der Waals surface area contributed by atoms with Gasteiger partial charge in [0.05, 0.1) is 18.5 Å². The van der Waals surface area contributed by atoms with E-state index >= 15 is 0 Å². The molecule has 0 fully saturated rings. The number of H-pyrrole nitrogens is 1. The molecule has 0 unspecified atom stereocenters. The van der Waals surface area contributed by atoms with Crippen molar-refractivity contribution in [3.8, 4) is 11.3 Å². The normalized spacial score (nSPS) is 12.9. The summed E-state index contributed by atoms with van der Waals surface area (Å²) in [6.07, 6.45) is 3.83. The van der Waals surface area contributed by atoms with Crippen molar-refractivity contribution in [2.75, 3.05) is 13.2 Å². The molecule has 1 aliphatic carbocycles. The molecule has 2 N–H and O–H groups in total. The zero-order valence-electron chi connectivity index (χ0n) is 11.9. The second kappa shape index (κ2) is 5.69. The van der Waals surface area contributed by atoms with Crippen LogP contribution in [0.2, 0.25) is 0 Å². The Labute approximate surface area is 121 Å². The summed E-state index contributed by atoms with van der Waals surface area (Å²) in [4.78, 5) is 12.2. The van der Waals surface area contributed by atoms with Crippen LogP contribution in [0.25, 0.3) is 11.3 Å². The van der Waals surface area contributed by atoms with Crippen LogP contribution in [0, 0.1) is 0 Å². The third kappa shape index (κ3) is 2.33. The highest BCUT2D eigenvalue weighted by Crippen LogP contribution is 2.33. The van der Waals surface area contributed by atoms with Gasteiger partial charge in [-0.25, -0.2) is 4.79 Å². The van der Waals surface area contributed by atoms with E-state index < -0.39 is 0 Å². The van der Waals surface area contributed by atoms with Crippen molar-refractivity contribution in [2.45, 2.75) is 32.7 Å². The van der Waals surface area contributed by atoms with Gasteiger partial charge in [-0.3, -0.25) is 9.78 Å². The van der Waals surface area contributed by atoms with E-state index in [1.807, 2.05) is 0 Å². The molecular formula is C14H18N4O3. The summed E-state index contributed by atoms with van der Waals surface area (Å²) in [5.74, 6) is -0.351. The predicted molar refractivity (Wildman–Crippen MR) is 74.9 cm³/mol. The molecule has 0 aliphatic heterocycles. The number of hydrogen-bond donors (Lipinski definition) is 2. The van der Waals surface area contributed by atoms with E-state index in [9.17, 15) is 4.79 Å². The van der Waals surface area contributed by atoms with E-state index in [4.69, 9.17) is 9.84 Å². The average Bonchev–Trinajstić information content (AvgIpc) is 3.08. The first-order valence-corrected chi connectivity index (χ1v) is 7.16. The van der Waals surface area contributed by atoms with Gasteiger partial charge in [-0.2, -0.15) is 10.2 Å². The molecule has 7 heteroatoms. The van der Waals surface area contributed by atoms with Crippen LogP contribution in [-0.4, -0.2) is 44.3 Å². The van der Waals surface area contributed by atoms with Crippen LogP contribution in [0.5, 0.6) is 0 Å². The quantitative estimate of drug-likeness (QED) is 0.799. The molecule has 21 heavy (non-hydrogen) atoms. The molecule has 0 amide bonds. The molecule has 112 valence electrons. The fraction of sp³-hybridized carbons (Fsp3) is 0.500. The van der Waals surface area contributed by atoms with Crippen molar-refractivity contribution in [1.82, 2.24) is 20.0 Å². The Morgan fingerprint density at radius 1 is 1.52 bits per heavy atom. The number of esters is 1. The van der Waals surface area contributed by atoms with Gasteiger partial charge in [0.2, 0.25) is 0 Å². The predicted octanol–water partition coefficient (Wildman–Crippen LogP) is 0.931. The van der Waals surface area contributed by atoms with Gasteiger partial charge in [-0.1, -0.05) is 0 Å². The number of nitrogens with zero attached hydrogens (tertiary/aromatic N) is 3. The molecule has 0 saturated carbocycles. The van der Waals surface area contributed by atoms with Crippen LogP contribution in [0.1, 0.15) is 35.1 Å². The number of hydrogen-bond acceptors (Lipinski definition) is 5. The molecule has 0 bridgehead atoms. The molecular weight excluding hydrogens is 272 g/mol. The minimum Gasteiger partial charge on any atom is -0.461 e. The fourth-order valence-electron chi connectivity index (χ4n) is 2.72. The van der Waals surface area contributed by atoms with Crippen LogP contribution in [0.15, 0.2) is 6.20 Å². The van der Waals surface area contributed by atoms with Gasteiger partial charge in [0.15, 0.2) is 0 Å². The molecule has 2 aromatic heterocycles. The summed E-state index contributed by atoms with van der Waals surface area (Å²) in [6.45, 7) is 2.66. The monoisotopic (exact) mass is 290 g/mol. The second-order valence-corrected chi connectivity index (χ2v) is 4.96. The van der Waals surface area contributed by atoms with Crippen molar-refractivity contribution < 1.29 is 14.6 Å². The van der Waals surface area contributed by atoms with Crippen molar-refractivity contribution in [3.63, 3.8) is 0 Å². The maximum atomic E-state index is 12.2. The second-order valence-electron chi connectivity index (χ2n) is 4.96. The number of aliphatic hydroxyl groups excluding tert-OH is 1. The molecule has 7 nitrogen and oxygen atoms in total. The van der Waals surface area contributed by atoms with Gasteiger partial charge >= 0.3 is 5.97 Å². The number of aryl methyl sites for hydroxylation is 2. The van der Waals surface area contributed by atoms with Crippen LogP contribution in [0.4, 0.5) is 0 Å². The fourth-order valence-corrected chi connectivity index (χ4v) is 2.72. The highest BCUT2D eigenvalue weighted by Gasteiger charge is 2.29. The lowest BCUT2D eigenvalue weighted by Crippen LogP contribution is -2.16. The topological polar surface area (TPSA) is 93.0 Å². The summed E-state index contributed by atoms with van der Waals surface area (Å²) >= 11 is 0. The first-order valence-electron chi connectivity index (χ1n) is 7.16. The first-order chi connectivity index (χ1) is 10.3. The van der Waals surface area contributed by atoms with Crippen molar-refractivity contribution >= 4 is 5.97 Å². The number of nitrogens with one attached hydrogen (secondary N) is 1. The lowest BCUT2D eigenvalue weighted by atomic mass is 9.94. The van der Waals surface area contributed by atoms with Crippen molar-refractivity contribution in [2.24, 2.45) is 0 Å². The average molecular weight is 290 g/mol. The summed E-state index contributed by atoms with van der Waals surface area (Å²) in [7, 11) is 0. The minimum atomic E-state index is -0.351. The summed E-state index contributed by atoms with van der Waals surface area (Å²) in [5, 5.41) is 20.6. The molecule has 0 atom stereocenters. The third-order valence-corrected chi connectivity index (χ3v) is 3.65. The van der Waals surface area contributed by atoms with Gasteiger partial charge in [-0.15, -0.1) is 0 Å². The number of ether oxygens (including phenoxy) is 1. The van der Waals surface area contributed by atoms with Crippen LogP contribution in [-0.2, 0) is 24.1 Å². The van der Waals surface area contributed by atoms with Crippen LogP contribution in [0.3, 0.4) is 0 Å². The molecule has 0 radical (unpaired) electrons. The largest absolute Gasteiger partial charge is 0.461 e. The van der Waals surface area contributed by atoms with Crippen molar-refractivity contribution in [1.29, 1.82) is 0 Å². The smallest absolute Gasteiger partial charge is 0.356 e. The molecule has 0 saturated heterocycles. The molecule has 2 heterocycles. The van der Waals surface area contributed by atoms with Gasteiger partial charge in [0.1, 0.15) is 5.69 Å². The minimum absolute atomic E-state index is 0.0593. The highest BCUT2D eigenvalue weighted by atomic mass is 16.5. The Bertz CT molecular complexity index is 659. The Morgan fingerprint density at radius 3 is 3.14 bits per heavy atom. The summed E-state index contributed by atoms with van der Waals surface area (Å²) < 4.78 is 6.81. The van der Waals surface area contributed by atoms with Gasteiger partial charge in [0, 0.05) is 30.0 Å². The zero-order chi connectivity index (χ0) is 14.8. The van der Waals surface area contributed by atoms with Gasteiger partial charge in [0.25, 0.3) is 0 Å². The van der Waals surface area contributed by atoms with E-state index in [0.29, 0.717) is 25.3 Å². The zero-order valence-corrected chi connectivity index (χ0v) is 11.9. The third-order valence-electron chi connectivity index (χ3n) is 3.65. The lowest BCUT2D eigenvalue weighted by molar-refractivity contribution is 0.0509. The first kappa shape index (κ1) is 13.8. The van der Waals surface area contributed by atoms with Gasteiger partial charge < -0.3 is 9.84 Å².